The van der Waals surface area contributed by atoms with Gasteiger partial charge in [-0.05, 0) is 49.4 Å². The first-order valence-electron chi connectivity index (χ1n) is 12.5. The number of nitrogens with zero attached hydrogens (tertiary/aromatic N) is 5. The van der Waals surface area contributed by atoms with Gasteiger partial charge in [0.25, 0.3) is 0 Å². The lowest BCUT2D eigenvalue weighted by Crippen LogP contribution is -2.46. The van der Waals surface area contributed by atoms with E-state index in [-0.39, 0.29) is 24.2 Å². The van der Waals surface area contributed by atoms with E-state index in [1.165, 1.54) is 0 Å². The quantitative estimate of drug-likeness (QED) is 0.566. The third kappa shape index (κ3) is 5.13. The molecule has 0 bridgehead atoms. The molecule has 2 aliphatic rings. The van der Waals surface area contributed by atoms with Crippen LogP contribution in [0.15, 0.2) is 48.8 Å². The maximum absolute atomic E-state index is 13.3. The van der Waals surface area contributed by atoms with Crippen molar-refractivity contribution in [2.75, 3.05) is 36.0 Å². The van der Waals surface area contributed by atoms with Crippen molar-refractivity contribution in [2.24, 2.45) is 17.6 Å². The minimum atomic E-state index is -0.0178. The average Bonchev–Trinajstić information content (AvgIpc) is 2.88. The normalized spacial score (nSPS) is 21.2. The van der Waals surface area contributed by atoms with Crippen LogP contribution >= 0.6 is 0 Å². The number of pyridine rings is 2. The van der Waals surface area contributed by atoms with Gasteiger partial charge in [0, 0.05) is 79.3 Å². The second kappa shape index (κ2) is 10.0. The predicted octanol–water partition coefficient (Wildman–Crippen LogP) is 3.97. The van der Waals surface area contributed by atoms with Crippen LogP contribution in [-0.4, -0.2) is 48.0 Å². The van der Waals surface area contributed by atoms with Gasteiger partial charge in [0.15, 0.2) is 5.78 Å². The summed E-state index contributed by atoms with van der Waals surface area (Å²) in [6.45, 7) is 5.67. The third-order valence-corrected chi connectivity index (χ3v) is 7.27. The van der Waals surface area contributed by atoms with Crippen molar-refractivity contribution in [1.29, 1.82) is 5.26 Å². The van der Waals surface area contributed by atoms with Gasteiger partial charge >= 0.3 is 0 Å². The molecular formula is C28H32N6O. The molecule has 1 aromatic carbocycles. The second-order valence-corrected chi connectivity index (χ2v) is 10.1. The van der Waals surface area contributed by atoms with Gasteiger partial charge in [0.05, 0.1) is 11.6 Å². The average molecular weight is 469 g/mol. The van der Waals surface area contributed by atoms with Gasteiger partial charge in [-0.15, -0.1) is 0 Å². The molecule has 0 amide bonds. The molecule has 2 atom stereocenters. The molecule has 7 nitrogen and oxygen atoms in total. The Bertz CT molecular complexity index is 1250. The second-order valence-electron chi connectivity index (χ2n) is 10.1. The molecule has 0 unspecified atom stereocenters. The standard InChI is InChI=1S/C28H32N6O/c1-19-12-23(30)18-34(17-19)27-6-9-31-16-22(27)13-28(35)25-5-3-21-2-4-24(14-26(21)32-25)33-10-7-20(15-29)8-11-33/h2-6,9,14,16,19-20,23H,7-8,10-13,17-18,30H2,1H3/t19-,23+/m1/s1. The number of carbonyl (C=O) groups excluding carboxylic acids is 1. The minimum absolute atomic E-state index is 0.0178. The van der Waals surface area contributed by atoms with Crippen LogP contribution in [0, 0.1) is 23.2 Å². The van der Waals surface area contributed by atoms with E-state index < -0.39 is 0 Å². The smallest absolute Gasteiger partial charge is 0.185 e. The number of nitriles is 1. The Hall–Kier alpha value is -3.50. The first kappa shape index (κ1) is 23.3. The molecule has 0 spiro atoms. The summed E-state index contributed by atoms with van der Waals surface area (Å²) < 4.78 is 0. The number of Topliss-reactive ketones (excluding diaryl/α,β-unsaturated/α-hetero) is 1. The molecular weight excluding hydrogens is 436 g/mol. The molecule has 0 radical (unpaired) electrons. The number of rotatable bonds is 5. The third-order valence-electron chi connectivity index (χ3n) is 7.27. The van der Waals surface area contributed by atoms with Gasteiger partial charge in [0.1, 0.15) is 5.69 Å². The van der Waals surface area contributed by atoms with E-state index >= 15 is 0 Å². The van der Waals surface area contributed by atoms with E-state index in [4.69, 9.17) is 16.0 Å². The van der Waals surface area contributed by atoms with Gasteiger partial charge in [-0.25, -0.2) is 4.98 Å². The highest BCUT2D eigenvalue weighted by Gasteiger charge is 2.25. The van der Waals surface area contributed by atoms with Crippen LogP contribution in [-0.2, 0) is 6.42 Å². The molecule has 2 fully saturated rings. The summed E-state index contributed by atoms with van der Waals surface area (Å²) in [7, 11) is 0. The van der Waals surface area contributed by atoms with Crippen molar-refractivity contribution in [3.8, 4) is 6.07 Å². The highest BCUT2D eigenvalue weighted by Crippen LogP contribution is 2.28. The first-order chi connectivity index (χ1) is 17.0. The van der Waals surface area contributed by atoms with Gasteiger partial charge in [0.2, 0.25) is 0 Å². The van der Waals surface area contributed by atoms with Crippen molar-refractivity contribution in [3.63, 3.8) is 0 Å². The summed E-state index contributed by atoms with van der Waals surface area (Å²) in [6, 6.07) is 14.5. The van der Waals surface area contributed by atoms with Gasteiger partial charge < -0.3 is 15.5 Å². The van der Waals surface area contributed by atoms with Crippen LogP contribution in [0.3, 0.4) is 0 Å². The van der Waals surface area contributed by atoms with E-state index in [1.54, 1.807) is 12.4 Å². The van der Waals surface area contributed by atoms with Crippen LogP contribution in [0.4, 0.5) is 11.4 Å². The zero-order valence-corrected chi connectivity index (χ0v) is 20.2. The van der Waals surface area contributed by atoms with Crippen molar-refractivity contribution < 1.29 is 4.79 Å². The van der Waals surface area contributed by atoms with Crippen LogP contribution in [0.25, 0.3) is 10.9 Å². The van der Waals surface area contributed by atoms with Crippen LogP contribution in [0.5, 0.6) is 0 Å². The van der Waals surface area contributed by atoms with Crippen molar-refractivity contribution in [2.45, 2.75) is 38.6 Å². The van der Waals surface area contributed by atoms with Gasteiger partial charge in [-0.1, -0.05) is 19.1 Å². The molecule has 35 heavy (non-hydrogen) atoms. The molecule has 2 aromatic heterocycles. The lowest BCUT2D eigenvalue weighted by Gasteiger charge is -2.37. The maximum Gasteiger partial charge on any atom is 0.185 e. The van der Waals surface area contributed by atoms with Gasteiger partial charge in [-0.2, -0.15) is 5.26 Å². The molecule has 4 heterocycles. The van der Waals surface area contributed by atoms with Crippen molar-refractivity contribution >= 4 is 28.1 Å². The number of ketones is 1. The number of hydrogen-bond acceptors (Lipinski definition) is 7. The number of benzene rings is 1. The van der Waals surface area contributed by atoms with E-state index in [0.717, 1.165) is 73.3 Å². The molecule has 180 valence electrons. The number of aromatic nitrogens is 2. The van der Waals surface area contributed by atoms with Crippen LogP contribution in [0.2, 0.25) is 0 Å². The predicted molar refractivity (Wildman–Crippen MR) is 139 cm³/mol. The van der Waals surface area contributed by atoms with Crippen LogP contribution in [0.1, 0.15) is 42.2 Å². The number of carbonyl (C=O) groups is 1. The molecule has 2 N–H and O–H groups in total. The van der Waals surface area contributed by atoms with E-state index in [9.17, 15) is 4.79 Å². The fraction of sp³-hybridized carbons (Fsp3) is 0.429. The molecule has 3 aromatic rings. The largest absolute Gasteiger partial charge is 0.371 e. The van der Waals surface area contributed by atoms with E-state index in [2.05, 4.69) is 46.0 Å². The van der Waals surface area contributed by atoms with Gasteiger partial charge in [-0.3, -0.25) is 9.78 Å². The van der Waals surface area contributed by atoms with Crippen molar-refractivity contribution in [1.82, 2.24) is 9.97 Å². The summed E-state index contributed by atoms with van der Waals surface area (Å²) in [6.07, 6.45) is 6.62. The fourth-order valence-corrected chi connectivity index (χ4v) is 5.45. The Morgan fingerprint density at radius 3 is 2.71 bits per heavy atom. The summed E-state index contributed by atoms with van der Waals surface area (Å²) in [4.78, 5) is 26.9. The molecule has 0 aliphatic carbocycles. The summed E-state index contributed by atoms with van der Waals surface area (Å²) in [5, 5.41) is 10.2. The summed E-state index contributed by atoms with van der Waals surface area (Å²) >= 11 is 0. The number of nitrogens with two attached hydrogens (primary N) is 1. The van der Waals surface area contributed by atoms with Crippen LogP contribution < -0.4 is 15.5 Å². The summed E-state index contributed by atoms with van der Waals surface area (Å²) in [5.74, 6) is 0.642. The molecule has 2 aliphatic heterocycles. The Labute approximate surface area is 206 Å². The number of fused-ring (bicyclic) bond motifs is 1. The lowest BCUT2D eigenvalue weighted by molar-refractivity contribution is 0.0988. The zero-order chi connectivity index (χ0) is 24.4. The minimum Gasteiger partial charge on any atom is -0.371 e. The monoisotopic (exact) mass is 468 g/mol. The lowest BCUT2D eigenvalue weighted by atomic mass is 9.95. The number of anilines is 2. The Kier molecular flexibility index (Phi) is 6.65. The topological polar surface area (TPSA) is 99.1 Å². The first-order valence-corrected chi connectivity index (χ1v) is 12.5. The number of piperidine rings is 2. The Balaban J connectivity index is 1.36. The molecule has 7 heteroatoms. The highest BCUT2D eigenvalue weighted by atomic mass is 16.1. The zero-order valence-electron chi connectivity index (χ0n) is 20.2. The highest BCUT2D eigenvalue weighted by molar-refractivity contribution is 5.98. The SMILES string of the molecule is C[C@@H]1C[C@H](N)CN(c2ccncc2CC(=O)c2ccc3ccc(N4CCC(C#N)CC4)cc3n2)C1. The fourth-order valence-electron chi connectivity index (χ4n) is 5.45. The van der Waals surface area contributed by atoms with Crippen molar-refractivity contribution in [3.05, 3.63) is 60.0 Å². The summed E-state index contributed by atoms with van der Waals surface area (Å²) in [5.41, 5.74) is 10.6. The molecule has 0 saturated carbocycles. The number of hydrogen-bond donors (Lipinski definition) is 1. The Morgan fingerprint density at radius 1 is 1.14 bits per heavy atom. The van der Waals surface area contributed by atoms with E-state index in [0.29, 0.717) is 11.6 Å². The molecule has 2 saturated heterocycles. The molecule has 5 rings (SSSR count). The Morgan fingerprint density at radius 2 is 1.94 bits per heavy atom. The maximum atomic E-state index is 13.3. The van der Waals surface area contributed by atoms with E-state index in [1.807, 2.05) is 18.2 Å².